The van der Waals surface area contributed by atoms with E-state index in [1.807, 2.05) is 13.8 Å². The number of amides is 4. The SMILES string of the molecule is CC.CCCCC/C=C\C1CC1C(=O)NS(=O)(=O)C1(C)CC1.NCC(=O)N1CCCC1C(N)=O.O=C(O)N1Cc2cccc(F)c2C1. The predicted octanol–water partition coefficient (Wildman–Crippen LogP) is 4.02. The third kappa shape index (κ3) is 11.3. The van der Waals surface area contributed by atoms with E-state index in [0.717, 1.165) is 24.8 Å². The van der Waals surface area contributed by atoms with Crippen LogP contribution in [0.5, 0.6) is 0 Å². The van der Waals surface area contributed by atoms with E-state index < -0.39 is 32.8 Å². The number of sulfonamides is 1. The molecule has 6 N–H and O–H groups in total. The van der Waals surface area contributed by atoms with Crippen molar-refractivity contribution in [3.8, 4) is 0 Å². The van der Waals surface area contributed by atoms with Gasteiger partial charge in [-0.25, -0.2) is 17.6 Å². The summed E-state index contributed by atoms with van der Waals surface area (Å²) in [6.45, 7) is 8.87. The molecule has 1 aromatic rings. The van der Waals surface area contributed by atoms with Crippen molar-refractivity contribution in [3.63, 3.8) is 0 Å². The summed E-state index contributed by atoms with van der Waals surface area (Å²) in [6.07, 6.45) is 11.5. The molecule has 0 aromatic heterocycles. The number of nitrogens with one attached hydrogen (secondary N) is 1. The van der Waals surface area contributed by atoms with Crippen LogP contribution in [0.25, 0.3) is 0 Å². The molecular formula is C33H52FN5O7S. The summed E-state index contributed by atoms with van der Waals surface area (Å²) in [4.78, 5) is 47.1. The van der Waals surface area contributed by atoms with Gasteiger partial charge in [-0.05, 0) is 69.4 Å². The van der Waals surface area contributed by atoms with Crippen LogP contribution in [-0.2, 0) is 37.5 Å². The van der Waals surface area contributed by atoms with E-state index in [9.17, 15) is 32.0 Å². The van der Waals surface area contributed by atoms with Crippen LogP contribution >= 0.6 is 0 Å². The van der Waals surface area contributed by atoms with E-state index in [1.165, 1.54) is 35.1 Å². The number of nitrogens with zero attached hydrogens (tertiary/aromatic N) is 2. The number of unbranched alkanes of at least 4 members (excludes halogenated alkanes) is 3. The van der Waals surface area contributed by atoms with Crippen molar-refractivity contribution in [3.05, 3.63) is 47.3 Å². The van der Waals surface area contributed by atoms with Crippen LogP contribution in [0.15, 0.2) is 30.4 Å². The summed E-state index contributed by atoms with van der Waals surface area (Å²) in [5.74, 6) is -1.18. The third-order valence-corrected chi connectivity index (χ3v) is 10.8. The molecule has 1 aromatic carbocycles. The zero-order chi connectivity index (χ0) is 35.4. The minimum Gasteiger partial charge on any atom is -0.465 e. The van der Waals surface area contributed by atoms with Crippen LogP contribution in [0.4, 0.5) is 9.18 Å². The topological polar surface area (TPSA) is 193 Å². The number of allylic oxidation sites excluding steroid dienone is 2. The van der Waals surface area contributed by atoms with Crippen molar-refractivity contribution in [2.24, 2.45) is 23.3 Å². The number of halogens is 1. The van der Waals surface area contributed by atoms with Gasteiger partial charge in [0.2, 0.25) is 27.7 Å². The highest BCUT2D eigenvalue weighted by atomic mass is 32.2. The van der Waals surface area contributed by atoms with Gasteiger partial charge >= 0.3 is 6.09 Å². The molecule has 2 heterocycles. The molecule has 3 unspecified atom stereocenters. The number of benzene rings is 1. The highest BCUT2D eigenvalue weighted by Crippen LogP contribution is 2.44. The van der Waals surface area contributed by atoms with Gasteiger partial charge in [0, 0.05) is 24.6 Å². The van der Waals surface area contributed by atoms with E-state index in [4.69, 9.17) is 16.6 Å². The van der Waals surface area contributed by atoms with Gasteiger partial charge in [-0.3, -0.25) is 24.0 Å². The van der Waals surface area contributed by atoms with Crippen LogP contribution in [0.2, 0.25) is 0 Å². The Bertz CT molecular complexity index is 1380. The number of primary amides is 1. The van der Waals surface area contributed by atoms with Gasteiger partial charge in [0.05, 0.1) is 17.8 Å². The molecule has 2 saturated carbocycles. The van der Waals surface area contributed by atoms with E-state index in [2.05, 4.69) is 23.8 Å². The van der Waals surface area contributed by atoms with Gasteiger partial charge in [-0.15, -0.1) is 0 Å². The number of nitrogens with two attached hydrogens (primary N) is 2. The second kappa shape index (κ2) is 18.1. The minimum absolute atomic E-state index is 0.0518. The Morgan fingerprint density at radius 2 is 1.83 bits per heavy atom. The summed E-state index contributed by atoms with van der Waals surface area (Å²) < 4.78 is 38.6. The van der Waals surface area contributed by atoms with Crippen molar-refractivity contribution in [1.82, 2.24) is 14.5 Å². The lowest BCUT2D eigenvalue weighted by Crippen LogP contribution is -2.45. The molecule has 14 heteroatoms. The van der Waals surface area contributed by atoms with E-state index in [1.54, 1.807) is 19.1 Å². The number of carbonyl (C=O) groups excluding carboxylic acids is 3. The molecule has 2 aliphatic carbocycles. The van der Waals surface area contributed by atoms with Crippen LogP contribution < -0.4 is 16.2 Å². The molecule has 47 heavy (non-hydrogen) atoms. The first-order valence-electron chi connectivity index (χ1n) is 16.5. The highest BCUT2D eigenvalue weighted by Gasteiger charge is 2.52. The summed E-state index contributed by atoms with van der Waals surface area (Å²) in [5.41, 5.74) is 11.5. The molecule has 2 aliphatic heterocycles. The van der Waals surface area contributed by atoms with E-state index in [0.29, 0.717) is 37.9 Å². The lowest BCUT2D eigenvalue weighted by Gasteiger charge is -2.20. The van der Waals surface area contributed by atoms with Crippen molar-refractivity contribution in [1.29, 1.82) is 0 Å². The Hall–Kier alpha value is -3.52. The highest BCUT2D eigenvalue weighted by molar-refractivity contribution is 7.91. The van der Waals surface area contributed by atoms with E-state index >= 15 is 0 Å². The predicted molar refractivity (Wildman–Crippen MR) is 178 cm³/mol. The van der Waals surface area contributed by atoms with Crippen molar-refractivity contribution in [2.45, 2.75) is 109 Å². The molecule has 264 valence electrons. The average molecular weight is 682 g/mol. The molecule has 4 amide bonds. The maximum absolute atomic E-state index is 13.1. The molecule has 0 bridgehead atoms. The fourth-order valence-electron chi connectivity index (χ4n) is 5.28. The number of carbonyl (C=O) groups is 4. The number of rotatable bonds is 10. The van der Waals surface area contributed by atoms with Gasteiger partial charge in [-0.1, -0.05) is 57.9 Å². The summed E-state index contributed by atoms with van der Waals surface area (Å²) in [7, 11) is -3.47. The third-order valence-electron chi connectivity index (χ3n) is 8.64. The second-order valence-corrected chi connectivity index (χ2v) is 14.4. The lowest BCUT2D eigenvalue weighted by molar-refractivity contribution is -0.136. The standard InChI is InChI=1S/C15H25NO3S.C9H8FNO2.C7H13N3O2.C2H6/c1-3-4-5-6-7-8-12-11-13(12)14(17)16-20(18,19)15(2)9-10-15;10-8-3-1-2-6-4-11(9(12)13)5-7(6)8;8-4-6(11)10-3-1-2-5(10)7(9)12;1-2/h7-8,12-13H,3-6,9-11H2,1-2H3,(H,16,17);1-3H,4-5H2,(H,12,13);5H,1-4,8H2,(H2,9,12);1-2H3/b8-7-;;;. The average Bonchev–Trinajstić information content (AvgIpc) is 3.86. The van der Waals surface area contributed by atoms with Gasteiger partial charge < -0.3 is 21.5 Å². The second-order valence-electron chi connectivity index (χ2n) is 12.2. The quantitative estimate of drug-likeness (QED) is 0.210. The van der Waals surface area contributed by atoms with Crippen LogP contribution in [0, 0.1) is 17.7 Å². The maximum atomic E-state index is 13.1. The smallest absolute Gasteiger partial charge is 0.407 e. The number of fused-ring (bicyclic) bond motifs is 1. The minimum atomic E-state index is -3.47. The van der Waals surface area contributed by atoms with Crippen molar-refractivity contribution >= 4 is 33.8 Å². The zero-order valence-corrected chi connectivity index (χ0v) is 28.9. The normalized spacial score (nSPS) is 21.6. The number of likely N-dealkylation sites (tertiary alicyclic amines) is 1. The molecule has 0 spiro atoms. The van der Waals surface area contributed by atoms with Crippen molar-refractivity contribution in [2.75, 3.05) is 13.1 Å². The van der Waals surface area contributed by atoms with Gasteiger partial charge in [0.1, 0.15) is 11.9 Å². The molecule has 0 radical (unpaired) electrons. The Balaban J connectivity index is 0.000000249. The molecule has 3 atom stereocenters. The summed E-state index contributed by atoms with van der Waals surface area (Å²) >= 11 is 0. The van der Waals surface area contributed by atoms with Gasteiger partial charge in [-0.2, -0.15) is 0 Å². The molecule has 4 aliphatic rings. The summed E-state index contributed by atoms with van der Waals surface area (Å²) in [5, 5.41) is 8.68. The molecular weight excluding hydrogens is 629 g/mol. The number of hydrogen-bond donors (Lipinski definition) is 4. The molecule has 3 fully saturated rings. The fourth-order valence-corrected chi connectivity index (χ4v) is 6.58. The molecule has 1 saturated heterocycles. The molecule has 5 rings (SSSR count). The van der Waals surface area contributed by atoms with Gasteiger partial charge in [0.25, 0.3) is 0 Å². The summed E-state index contributed by atoms with van der Waals surface area (Å²) in [6, 6.07) is 4.27. The lowest BCUT2D eigenvalue weighted by atomic mass is 10.1. The Morgan fingerprint density at radius 3 is 2.38 bits per heavy atom. The largest absolute Gasteiger partial charge is 0.465 e. The fraction of sp³-hybridized carbons (Fsp3) is 0.636. The number of hydrogen-bond acceptors (Lipinski definition) is 7. The first-order chi connectivity index (χ1) is 22.2. The Morgan fingerprint density at radius 1 is 1.15 bits per heavy atom. The van der Waals surface area contributed by atoms with Crippen molar-refractivity contribution < 1.29 is 37.1 Å². The Labute approximate surface area is 278 Å². The van der Waals surface area contributed by atoms with Crippen LogP contribution in [-0.4, -0.2) is 71.0 Å². The zero-order valence-electron chi connectivity index (χ0n) is 28.0. The monoisotopic (exact) mass is 681 g/mol. The van der Waals surface area contributed by atoms with Gasteiger partial charge in [0.15, 0.2) is 0 Å². The number of carboxylic acid groups (broad SMARTS) is 1. The maximum Gasteiger partial charge on any atom is 0.407 e. The Kier molecular flexibility index (Phi) is 15.3. The van der Waals surface area contributed by atoms with Crippen LogP contribution in [0.1, 0.15) is 96.6 Å². The first-order valence-corrected chi connectivity index (χ1v) is 18.0. The van der Waals surface area contributed by atoms with Crippen LogP contribution in [0.3, 0.4) is 0 Å². The molecule has 12 nitrogen and oxygen atoms in total. The van der Waals surface area contributed by atoms with E-state index in [-0.39, 0.29) is 42.6 Å². The first kappa shape index (κ1) is 39.7.